The van der Waals surface area contributed by atoms with Crippen LogP contribution in [-0.2, 0) is 11.2 Å². The zero-order valence-corrected chi connectivity index (χ0v) is 9.40. The summed E-state index contributed by atoms with van der Waals surface area (Å²) in [5.41, 5.74) is 6.80. The molecule has 84 valence electrons. The molecule has 0 heterocycles. The fraction of sp³-hybridized carbons (Fsp3) is 0.500. The van der Waals surface area contributed by atoms with Crippen LogP contribution in [0.3, 0.4) is 0 Å². The van der Waals surface area contributed by atoms with Crippen molar-refractivity contribution in [3.05, 3.63) is 29.8 Å². The lowest BCUT2D eigenvalue weighted by Crippen LogP contribution is -2.28. The second-order valence-corrected chi connectivity index (χ2v) is 3.40. The molecule has 0 radical (unpaired) electrons. The highest BCUT2D eigenvalue weighted by Crippen LogP contribution is 2.12. The number of benzene rings is 1. The lowest BCUT2D eigenvalue weighted by molar-refractivity contribution is 0.0644. The Labute approximate surface area is 91.2 Å². The van der Waals surface area contributed by atoms with Gasteiger partial charge in [0.25, 0.3) is 0 Å². The Bertz CT molecular complexity index is 267. The minimum atomic E-state index is -0.0316. The van der Waals surface area contributed by atoms with Crippen molar-refractivity contribution in [2.45, 2.75) is 19.4 Å². The third kappa shape index (κ3) is 3.90. The Balaban J connectivity index is 2.43. The van der Waals surface area contributed by atoms with Gasteiger partial charge in [0, 0.05) is 13.7 Å². The standard InChI is InChI=1S/C12H19NO2/c1-3-10-4-6-11(7-5-10)15-9-12(8-13)14-2/h4-7,12H,3,8-9,13H2,1-2H3. The molecule has 15 heavy (non-hydrogen) atoms. The van der Waals surface area contributed by atoms with Crippen LogP contribution in [0, 0.1) is 0 Å². The largest absolute Gasteiger partial charge is 0.491 e. The zero-order chi connectivity index (χ0) is 11.1. The number of ether oxygens (including phenoxy) is 2. The minimum Gasteiger partial charge on any atom is -0.491 e. The second kappa shape index (κ2) is 6.43. The molecular formula is C12H19NO2. The van der Waals surface area contributed by atoms with E-state index >= 15 is 0 Å². The lowest BCUT2D eigenvalue weighted by atomic mass is 10.2. The van der Waals surface area contributed by atoms with Crippen molar-refractivity contribution in [2.75, 3.05) is 20.3 Å². The minimum absolute atomic E-state index is 0.0316. The Kier molecular flexibility index (Phi) is 5.15. The van der Waals surface area contributed by atoms with E-state index in [-0.39, 0.29) is 6.10 Å². The molecule has 0 aromatic heterocycles. The monoisotopic (exact) mass is 209 g/mol. The quantitative estimate of drug-likeness (QED) is 0.774. The van der Waals surface area contributed by atoms with E-state index in [9.17, 15) is 0 Å². The fourth-order valence-electron chi connectivity index (χ4n) is 1.24. The van der Waals surface area contributed by atoms with Crippen LogP contribution in [0.25, 0.3) is 0 Å². The van der Waals surface area contributed by atoms with Gasteiger partial charge in [0.1, 0.15) is 18.5 Å². The van der Waals surface area contributed by atoms with Gasteiger partial charge in [-0.2, -0.15) is 0 Å². The maximum absolute atomic E-state index is 5.54. The first-order valence-electron chi connectivity index (χ1n) is 5.24. The average molecular weight is 209 g/mol. The molecule has 1 aromatic rings. The van der Waals surface area contributed by atoms with E-state index in [0.29, 0.717) is 13.2 Å². The fourth-order valence-corrected chi connectivity index (χ4v) is 1.24. The highest BCUT2D eigenvalue weighted by atomic mass is 16.5. The molecule has 0 aliphatic rings. The van der Waals surface area contributed by atoms with Crippen LogP contribution in [0.4, 0.5) is 0 Å². The van der Waals surface area contributed by atoms with Gasteiger partial charge in [-0.05, 0) is 24.1 Å². The number of methoxy groups -OCH3 is 1. The molecule has 1 rings (SSSR count). The van der Waals surface area contributed by atoms with Crippen LogP contribution in [0.5, 0.6) is 5.75 Å². The zero-order valence-electron chi connectivity index (χ0n) is 9.40. The first-order valence-corrected chi connectivity index (χ1v) is 5.24. The van der Waals surface area contributed by atoms with Crippen LogP contribution in [-0.4, -0.2) is 26.4 Å². The third-order valence-corrected chi connectivity index (χ3v) is 2.36. The van der Waals surface area contributed by atoms with Gasteiger partial charge in [0.05, 0.1) is 0 Å². The van der Waals surface area contributed by atoms with Crippen LogP contribution in [0.2, 0.25) is 0 Å². The summed E-state index contributed by atoms with van der Waals surface area (Å²) in [6, 6.07) is 8.09. The van der Waals surface area contributed by atoms with E-state index in [1.165, 1.54) is 5.56 Å². The van der Waals surface area contributed by atoms with Crippen LogP contribution < -0.4 is 10.5 Å². The van der Waals surface area contributed by atoms with Crippen molar-refractivity contribution in [2.24, 2.45) is 5.73 Å². The normalized spacial score (nSPS) is 12.5. The average Bonchev–Trinajstić information content (AvgIpc) is 2.31. The lowest BCUT2D eigenvalue weighted by Gasteiger charge is -2.14. The van der Waals surface area contributed by atoms with Crippen molar-refractivity contribution >= 4 is 0 Å². The molecule has 0 saturated heterocycles. The van der Waals surface area contributed by atoms with Crippen LogP contribution in [0.15, 0.2) is 24.3 Å². The Hall–Kier alpha value is -1.06. The number of hydrogen-bond donors (Lipinski definition) is 1. The van der Waals surface area contributed by atoms with Gasteiger partial charge in [0.15, 0.2) is 0 Å². The molecule has 0 aliphatic carbocycles. The summed E-state index contributed by atoms with van der Waals surface area (Å²) in [5, 5.41) is 0. The number of rotatable bonds is 6. The SMILES string of the molecule is CCc1ccc(OCC(CN)OC)cc1. The highest BCUT2D eigenvalue weighted by Gasteiger charge is 2.04. The molecular weight excluding hydrogens is 190 g/mol. The Morgan fingerprint density at radius 1 is 1.27 bits per heavy atom. The van der Waals surface area contributed by atoms with Gasteiger partial charge in [-0.25, -0.2) is 0 Å². The van der Waals surface area contributed by atoms with Crippen LogP contribution >= 0.6 is 0 Å². The van der Waals surface area contributed by atoms with Crippen molar-refractivity contribution < 1.29 is 9.47 Å². The summed E-state index contributed by atoms with van der Waals surface area (Å²) in [4.78, 5) is 0. The molecule has 0 fully saturated rings. The molecule has 2 N–H and O–H groups in total. The third-order valence-electron chi connectivity index (χ3n) is 2.36. The van der Waals surface area contributed by atoms with Gasteiger partial charge < -0.3 is 15.2 Å². The predicted molar refractivity (Wildman–Crippen MR) is 61.2 cm³/mol. The Morgan fingerprint density at radius 3 is 2.40 bits per heavy atom. The maximum Gasteiger partial charge on any atom is 0.119 e. The number of aryl methyl sites for hydroxylation is 1. The molecule has 1 aromatic carbocycles. The van der Waals surface area contributed by atoms with Gasteiger partial charge in [0.2, 0.25) is 0 Å². The summed E-state index contributed by atoms with van der Waals surface area (Å²) in [6.07, 6.45) is 1.01. The van der Waals surface area contributed by atoms with Gasteiger partial charge in [-0.1, -0.05) is 19.1 Å². The van der Waals surface area contributed by atoms with Crippen molar-refractivity contribution in [3.8, 4) is 5.75 Å². The maximum atomic E-state index is 5.54. The van der Waals surface area contributed by atoms with Crippen LogP contribution in [0.1, 0.15) is 12.5 Å². The molecule has 0 aliphatic heterocycles. The molecule has 0 spiro atoms. The smallest absolute Gasteiger partial charge is 0.119 e. The second-order valence-electron chi connectivity index (χ2n) is 3.40. The van der Waals surface area contributed by atoms with E-state index in [1.807, 2.05) is 12.1 Å². The summed E-state index contributed by atoms with van der Waals surface area (Å²) in [5.74, 6) is 0.864. The number of nitrogens with two attached hydrogens (primary N) is 1. The molecule has 0 amide bonds. The van der Waals surface area contributed by atoms with Crippen molar-refractivity contribution in [1.82, 2.24) is 0 Å². The van der Waals surface area contributed by atoms with Crippen molar-refractivity contribution in [3.63, 3.8) is 0 Å². The van der Waals surface area contributed by atoms with Gasteiger partial charge >= 0.3 is 0 Å². The molecule has 1 atom stereocenters. The van der Waals surface area contributed by atoms with E-state index in [4.69, 9.17) is 15.2 Å². The molecule has 3 heteroatoms. The first-order chi connectivity index (χ1) is 7.30. The van der Waals surface area contributed by atoms with Gasteiger partial charge in [-0.15, -0.1) is 0 Å². The predicted octanol–water partition coefficient (Wildman–Crippen LogP) is 1.60. The highest BCUT2D eigenvalue weighted by molar-refractivity contribution is 5.27. The molecule has 1 unspecified atom stereocenters. The van der Waals surface area contributed by atoms with E-state index in [2.05, 4.69) is 19.1 Å². The molecule has 0 saturated carbocycles. The molecule has 0 bridgehead atoms. The van der Waals surface area contributed by atoms with E-state index < -0.39 is 0 Å². The van der Waals surface area contributed by atoms with Gasteiger partial charge in [-0.3, -0.25) is 0 Å². The van der Waals surface area contributed by atoms with E-state index in [1.54, 1.807) is 7.11 Å². The number of hydrogen-bond acceptors (Lipinski definition) is 3. The first kappa shape index (κ1) is 12.0. The van der Waals surface area contributed by atoms with E-state index in [0.717, 1.165) is 12.2 Å². The van der Waals surface area contributed by atoms with Crippen molar-refractivity contribution in [1.29, 1.82) is 0 Å². The summed E-state index contributed by atoms with van der Waals surface area (Å²) in [7, 11) is 1.64. The summed E-state index contributed by atoms with van der Waals surface area (Å²) < 4.78 is 10.7. The summed E-state index contributed by atoms with van der Waals surface area (Å²) >= 11 is 0. The Morgan fingerprint density at radius 2 is 1.93 bits per heavy atom. The molecule has 3 nitrogen and oxygen atoms in total. The topological polar surface area (TPSA) is 44.5 Å². The summed E-state index contributed by atoms with van der Waals surface area (Å²) in [6.45, 7) is 3.10.